The molecule has 11 nitrogen and oxygen atoms in total. The minimum Gasteiger partial charge on any atom is -0.477 e. The Morgan fingerprint density at radius 3 is 2.74 bits per heavy atom. The molecule has 13 heteroatoms. The van der Waals surface area contributed by atoms with Crippen LogP contribution in [0.15, 0.2) is 28.8 Å². The molecule has 1 aromatic rings. The molecule has 3 N–H and O–H groups in total. The third-order valence-corrected chi connectivity index (χ3v) is 7.07. The predicted molar refractivity (Wildman–Crippen MR) is 113 cm³/mol. The van der Waals surface area contributed by atoms with Crippen molar-refractivity contribution in [2.75, 3.05) is 25.4 Å². The van der Waals surface area contributed by atoms with Crippen molar-refractivity contribution in [3.63, 3.8) is 0 Å². The van der Waals surface area contributed by atoms with Crippen molar-refractivity contribution in [3.05, 3.63) is 38.6 Å². The number of carboxylic acids is 1. The lowest BCUT2D eigenvalue weighted by Crippen LogP contribution is -2.70. The van der Waals surface area contributed by atoms with Crippen LogP contribution in [0.5, 0.6) is 0 Å². The topological polar surface area (TPSA) is 131 Å². The number of nitroso groups, excluding NO2 is 1. The molecule has 3 rings (SSSR count). The average Bonchev–Trinajstić information content (AvgIpc) is 3.25. The number of thioether (sulfide) groups is 1. The molecule has 2 atom stereocenters. The van der Waals surface area contributed by atoms with E-state index in [1.165, 1.54) is 33.0 Å². The summed E-state index contributed by atoms with van der Waals surface area (Å²) >= 11 is 2.79. The van der Waals surface area contributed by atoms with Gasteiger partial charge in [-0.15, -0.1) is 28.1 Å². The summed E-state index contributed by atoms with van der Waals surface area (Å²) in [6.07, 6.45) is 0.170. The van der Waals surface area contributed by atoms with E-state index in [9.17, 15) is 24.4 Å². The highest BCUT2D eigenvalue weighted by Gasteiger charge is 2.54. The Morgan fingerprint density at radius 2 is 2.13 bits per heavy atom. The van der Waals surface area contributed by atoms with E-state index in [1.807, 2.05) is 31.4 Å². The van der Waals surface area contributed by atoms with Crippen LogP contribution < -0.4 is 10.9 Å². The van der Waals surface area contributed by atoms with Crippen molar-refractivity contribution in [2.24, 2.45) is 0 Å². The molecule has 0 saturated carbocycles. The van der Waals surface area contributed by atoms with Gasteiger partial charge in [0.15, 0.2) is 0 Å². The molecule has 0 aliphatic carbocycles. The number of carbonyl (C=O) groups excluding carboxylic acids is 2. The zero-order chi connectivity index (χ0) is 22.5. The first-order chi connectivity index (χ1) is 14.9. The van der Waals surface area contributed by atoms with Crippen molar-refractivity contribution in [1.29, 1.82) is 0 Å². The first-order valence-electron chi connectivity index (χ1n) is 9.68. The van der Waals surface area contributed by atoms with Gasteiger partial charge < -0.3 is 10.4 Å². The summed E-state index contributed by atoms with van der Waals surface area (Å²) < 4.78 is 0. The number of nitrogens with zero attached hydrogens (tertiary/aromatic N) is 3. The van der Waals surface area contributed by atoms with E-state index in [2.05, 4.69) is 10.9 Å². The molecule has 2 amide bonds. The summed E-state index contributed by atoms with van der Waals surface area (Å²) in [6, 6.07) is 2.91. The van der Waals surface area contributed by atoms with E-state index < -0.39 is 23.3 Å². The number of carbonyl (C=O) groups is 3. The first kappa shape index (κ1) is 23.0. The molecule has 168 valence electrons. The number of hydrogen-bond donors (Lipinski definition) is 3. The largest absolute Gasteiger partial charge is 0.477 e. The zero-order valence-electron chi connectivity index (χ0n) is 17.1. The van der Waals surface area contributed by atoms with Gasteiger partial charge in [-0.1, -0.05) is 6.07 Å². The number of hydrogen-bond acceptors (Lipinski definition) is 7. The Labute approximate surface area is 186 Å². The zero-order valence-corrected chi connectivity index (χ0v) is 18.7. The van der Waals surface area contributed by atoms with Gasteiger partial charge in [-0.25, -0.2) is 9.63 Å². The summed E-state index contributed by atoms with van der Waals surface area (Å²) in [5, 5.41) is 15.2. The van der Waals surface area contributed by atoms with Gasteiger partial charge in [0.1, 0.15) is 23.7 Å². The second-order valence-electron chi connectivity index (χ2n) is 6.76. The minimum atomic E-state index is -1.26. The Kier molecular flexibility index (Phi) is 7.51. The number of thiophene rings is 1. The third kappa shape index (κ3) is 4.99. The Bertz CT molecular complexity index is 886. The number of β-lactam (4-membered cyclic amide) rings is 1. The molecule has 1 fully saturated rings. The fraction of sp³-hybridized carbons (Fsp3) is 0.500. The van der Waals surface area contributed by atoms with E-state index in [0.29, 0.717) is 29.4 Å². The summed E-state index contributed by atoms with van der Waals surface area (Å²) in [6.45, 7) is 4.38. The van der Waals surface area contributed by atoms with Crippen molar-refractivity contribution >= 4 is 40.9 Å². The first-order valence-corrected chi connectivity index (χ1v) is 11.6. The minimum absolute atomic E-state index is 0.167. The second kappa shape index (κ2) is 10.1. The van der Waals surface area contributed by atoms with E-state index in [1.54, 1.807) is 0 Å². The number of nitrogens with one attached hydrogen (secondary N) is 2. The van der Waals surface area contributed by atoms with Crippen molar-refractivity contribution < 1.29 is 29.3 Å². The maximum Gasteiger partial charge on any atom is 0.352 e. The Balaban J connectivity index is 1.61. The molecular formula is C18H24N5O6S2+. The van der Waals surface area contributed by atoms with Crippen molar-refractivity contribution in [3.8, 4) is 0 Å². The highest BCUT2D eigenvalue weighted by atomic mass is 32.2. The van der Waals surface area contributed by atoms with Crippen LogP contribution >= 0.6 is 23.1 Å². The Morgan fingerprint density at radius 1 is 1.39 bits per heavy atom. The second-order valence-corrected chi connectivity index (χ2v) is 8.90. The van der Waals surface area contributed by atoms with Gasteiger partial charge in [0.25, 0.3) is 10.9 Å². The van der Waals surface area contributed by atoms with Crippen molar-refractivity contribution in [1.82, 2.24) is 20.8 Å². The van der Waals surface area contributed by atoms with Crippen LogP contribution in [0, 0.1) is 4.91 Å². The van der Waals surface area contributed by atoms with Crippen LogP contribution in [0.3, 0.4) is 0 Å². The van der Waals surface area contributed by atoms with Crippen LogP contribution in [0.4, 0.5) is 0 Å². The van der Waals surface area contributed by atoms with Crippen molar-refractivity contribution in [2.45, 2.75) is 31.7 Å². The highest BCUT2D eigenvalue weighted by Crippen LogP contribution is 2.40. The van der Waals surface area contributed by atoms with Crippen LogP contribution in [-0.2, 0) is 25.6 Å². The third-order valence-electron chi connectivity index (χ3n) is 4.86. The molecule has 1 aromatic heterocycles. The van der Waals surface area contributed by atoms with Gasteiger partial charge in [0.05, 0.1) is 24.4 Å². The summed E-state index contributed by atoms with van der Waals surface area (Å²) in [5.41, 5.74) is 2.41. The van der Waals surface area contributed by atoms with Crippen LogP contribution in [0.1, 0.15) is 18.7 Å². The number of aliphatic carboxylic acids is 1. The molecule has 0 bridgehead atoms. The number of amides is 2. The van der Waals surface area contributed by atoms with Gasteiger partial charge in [-0.3, -0.25) is 14.5 Å². The molecule has 0 unspecified atom stereocenters. The highest BCUT2D eigenvalue weighted by molar-refractivity contribution is 8.00. The molecule has 1 saturated heterocycles. The predicted octanol–water partition coefficient (Wildman–Crippen LogP) is 0.501. The van der Waals surface area contributed by atoms with E-state index in [4.69, 9.17) is 4.84 Å². The molecular weight excluding hydrogens is 446 g/mol. The van der Waals surface area contributed by atoms with Gasteiger partial charge in [0, 0.05) is 16.2 Å². The van der Waals surface area contributed by atoms with Crippen LogP contribution in [0.2, 0.25) is 0 Å². The van der Waals surface area contributed by atoms with E-state index >= 15 is 0 Å². The molecule has 2 aliphatic heterocycles. The fourth-order valence-electron chi connectivity index (χ4n) is 3.30. The quantitative estimate of drug-likeness (QED) is 0.240. The SMILES string of the molecule is CCN(CC)[N+](=O)NOCC1=C(C(=O)O)N2C(=O)[C@@H](NC(=O)Cc3cccs3)[C@H]2SC1. The van der Waals surface area contributed by atoms with Gasteiger partial charge >= 0.3 is 5.97 Å². The number of rotatable bonds is 11. The normalized spacial score (nSPS) is 20.1. The average molecular weight is 471 g/mol. The van der Waals surface area contributed by atoms with Gasteiger partial charge in [-0.2, -0.15) is 0 Å². The number of fused-ring (bicyclic) bond motifs is 1. The van der Waals surface area contributed by atoms with E-state index in [0.717, 1.165) is 4.88 Å². The smallest absolute Gasteiger partial charge is 0.352 e. The number of hydrazine groups is 2. The summed E-state index contributed by atoms with van der Waals surface area (Å²) in [5.74, 6) is -1.73. The maximum absolute atomic E-state index is 12.6. The fourth-order valence-corrected chi connectivity index (χ4v) is 5.33. The maximum atomic E-state index is 12.6. The van der Waals surface area contributed by atoms with Gasteiger partial charge in [-0.05, 0) is 30.9 Å². The molecule has 31 heavy (non-hydrogen) atoms. The summed E-state index contributed by atoms with van der Waals surface area (Å²) in [7, 11) is 0. The molecule has 2 aliphatic rings. The monoisotopic (exact) mass is 470 g/mol. The van der Waals surface area contributed by atoms with E-state index in [-0.39, 0.29) is 24.6 Å². The molecule has 0 radical (unpaired) electrons. The van der Waals surface area contributed by atoms with Crippen LogP contribution in [0.25, 0.3) is 0 Å². The number of carboxylic acid groups (broad SMARTS) is 1. The lowest BCUT2D eigenvalue weighted by molar-refractivity contribution is -0.787. The molecule has 3 heterocycles. The lowest BCUT2D eigenvalue weighted by Gasteiger charge is -2.49. The standard InChI is InChI=1S/C18H23N5O6S2/c1-3-21(4-2)23(28)20-29-9-11-10-31-17-14(16(25)22(17)15(11)18(26)27)19-13(24)8-12-6-5-7-30-12/h5-7,14,17H,3-4,8-10H2,1-2H3,(H2-,19,20,24,26,27,28)/p+1/t14-,17-/m1/s1. The Hall–Kier alpha value is -2.64. The lowest BCUT2D eigenvalue weighted by atomic mass is 10.0. The van der Waals surface area contributed by atoms with Gasteiger partial charge in [0.2, 0.25) is 5.91 Å². The van der Waals surface area contributed by atoms with Crippen LogP contribution in [-0.4, -0.2) is 74.6 Å². The summed E-state index contributed by atoms with van der Waals surface area (Å²) in [4.78, 5) is 56.2. The molecule has 0 aromatic carbocycles. The molecule has 0 spiro atoms.